The Morgan fingerprint density at radius 2 is 1.62 bits per heavy atom. The van der Waals surface area contributed by atoms with E-state index in [0.29, 0.717) is 13.1 Å². The summed E-state index contributed by atoms with van der Waals surface area (Å²) in [5.74, 6) is -1.13. The number of hydrogen-bond acceptors (Lipinski definition) is 2. The summed E-state index contributed by atoms with van der Waals surface area (Å²) in [4.78, 5) is 25.7. The third kappa shape index (κ3) is 3.82. The molecule has 1 aliphatic rings. The van der Waals surface area contributed by atoms with Crippen molar-refractivity contribution in [2.24, 2.45) is 0 Å². The number of fused-ring (bicyclic) bond motifs is 1. The maximum atomic E-state index is 12.7. The molecule has 4 heteroatoms. The molecule has 0 aromatic heterocycles. The molecule has 0 saturated heterocycles. The highest BCUT2D eigenvalue weighted by Crippen LogP contribution is 2.26. The van der Waals surface area contributed by atoms with E-state index in [0.717, 1.165) is 12.0 Å². The average Bonchev–Trinajstić information content (AvgIpc) is 2.61. The molecule has 0 aliphatic carbocycles. The van der Waals surface area contributed by atoms with Gasteiger partial charge in [-0.15, -0.1) is 0 Å². The molecule has 4 nitrogen and oxygen atoms in total. The normalized spacial score (nSPS) is 14.8. The number of hydrogen-bond donors (Lipinski definition) is 1. The fourth-order valence-corrected chi connectivity index (χ4v) is 3.29. The van der Waals surface area contributed by atoms with Crippen LogP contribution in [0.5, 0.6) is 0 Å². The van der Waals surface area contributed by atoms with Gasteiger partial charge in [0.15, 0.2) is 0 Å². The van der Waals surface area contributed by atoms with Gasteiger partial charge in [-0.3, -0.25) is 9.59 Å². The number of rotatable bonds is 5. The Bertz CT molecular complexity index is 727. The van der Waals surface area contributed by atoms with Gasteiger partial charge in [0.05, 0.1) is 6.42 Å². The monoisotopic (exact) mass is 323 g/mol. The predicted molar refractivity (Wildman–Crippen MR) is 91.6 cm³/mol. The van der Waals surface area contributed by atoms with Crippen molar-refractivity contribution < 1.29 is 14.7 Å². The highest BCUT2D eigenvalue weighted by Gasteiger charge is 2.25. The largest absolute Gasteiger partial charge is 0.481 e. The molecule has 1 aliphatic heterocycles. The number of carbonyl (C=O) groups excluding carboxylic acids is 1. The van der Waals surface area contributed by atoms with Crippen LogP contribution in [0, 0.1) is 0 Å². The van der Waals surface area contributed by atoms with E-state index in [1.807, 2.05) is 47.4 Å². The van der Waals surface area contributed by atoms with Gasteiger partial charge in [0.25, 0.3) is 0 Å². The molecule has 3 rings (SSSR count). The molecule has 1 atom stereocenters. The van der Waals surface area contributed by atoms with Crippen LogP contribution in [0.4, 0.5) is 0 Å². The van der Waals surface area contributed by atoms with E-state index >= 15 is 0 Å². The van der Waals surface area contributed by atoms with Gasteiger partial charge in [-0.25, -0.2) is 0 Å². The minimum absolute atomic E-state index is 0.0274. The second-order valence-electron chi connectivity index (χ2n) is 6.24. The Morgan fingerprint density at radius 3 is 2.33 bits per heavy atom. The van der Waals surface area contributed by atoms with Crippen LogP contribution < -0.4 is 0 Å². The van der Waals surface area contributed by atoms with Gasteiger partial charge in [-0.05, 0) is 23.1 Å². The van der Waals surface area contributed by atoms with Crippen molar-refractivity contribution in [2.45, 2.75) is 31.7 Å². The third-order valence-electron chi connectivity index (χ3n) is 4.60. The van der Waals surface area contributed by atoms with Crippen LogP contribution in [0.25, 0.3) is 0 Å². The second kappa shape index (κ2) is 7.30. The molecule has 1 heterocycles. The molecule has 0 bridgehead atoms. The van der Waals surface area contributed by atoms with Gasteiger partial charge in [-0.1, -0.05) is 54.6 Å². The number of benzene rings is 2. The van der Waals surface area contributed by atoms with E-state index in [2.05, 4.69) is 12.1 Å². The third-order valence-corrected chi connectivity index (χ3v) is 4.60. The first-order valence-electron chi connectivity index (χ1n) is 8.25. The summed E-state index contributed by atoms with van der Waals surface area (Å²) in [6, 6.07) is 17.6. The molecule has 24 heavy (non-hydrogen) atoms. The lowest BCUT2D eigenvalue weighted by molar-refractivity contribution is -0.138. The fourth-order valence-electron chi connectivity index (χ4n) is 3.29. The van der Waals surface area contributed by atoms with Crippen molar-refractivity contribution in [3.05, 3.63) is 71.3 Å². The zero-order valence-corrected chi connectivity index (χ0v) is 13.5. The molecule has 1 unspecified atom stereocenters. The molecule has 1 amide bonds. The van der Waals surface area contributed by atoms with Gasteiger partial charge in [0.1, 0.15) is 0 Å². The lowest BCUT2D eigenvalue weighted by Gasteiger charge is -2.30. The molecule has 2 aromatic carbocycles. The lowest BCUT2D eigenvalue weighted by Crippen LogP contribution is -2.36. The molecular formula is C20H21NO3. The lowest BCUT2D eigenvalue weighted by atomic mass is 9.91. The number of carbonyl (C=O) groups is 2. The predicted octanol–water partition coefficient (Wildman–Crippen LogP) is 3.22. The van der Waals surface area contributed by atoms with Crippen molar-refractivity contribution in [3.8, 4) is 0 Å². The smallest absolute Gasteiger partial charge is 0.303 e. The van der Waals surface area contributed by atoms with Crippen molar-refractivity contribution in [2.75, 3.05) is 6.54 Å². The highest BCUT2D eigenvalue weighted by atomic mass is 16.4. The first-order valence-corrected chi connectivity index (χ1v) is 8.25. The van der Waals surface area contributed by atoms with Crippen LogP contribution in [0.3, 0.4) is 0 Å². The zero-order chi connectivity index (χ0) is 16.9. The number of carboxylic acids is 1. The molecule has 2 aromatic rings. The van der Waals surface area contributed by atoms with Crippen LogP contribution in [0.1, 0.15) is 35.4 Å². The summed E-state index contributed by atoms with van der Waals surface area (Å²) in [5, 5.41) is 9.17. The van der Waals surface area contributed by atoms with Gasteiger partial charge < -0.3 is 10.0 Å². The van der Waals surface area contributed by atoms with E-state index < -0.39 is 5.97 Å². The Morgan fingerprint density at radius 1 is 0.958 bits per heavy atom. The molecule has 0 saturated carbocycles. The molecule has 0 spiro atoms. The van der Waals surface area contributed by atoms with E-state index in [1.54, 1.807) is 0 Å². The molecule has 0 fully saturated rings. The minimum Gasteiger partial charge on any atom is -0.481 e. The van der Waals surface area contributed by atoms with Crippen molar-refractivity contribution in [3.63, 3.8) is 0 Å². The maximum Gasteiger partial charge on any atom is 0.303 e. The van der Waals surface area contributed by atoms with Gasteiger partial charge in [0.2, 0.25) is 5.91 Å². The standard InChI is InChI=1S/C20H21NO3/c22-19(21-11-10-16-8-4-5-9-17(16)14-21)12-18(13-20(23)24)15-6-2-1-3-7-15/h1-9,18H,10-14H2,(H,23,24). The van der Waals surface area contributed by atoms with Gasteiger partial charge >= 0.3 is 5.97 Å². The first kappa shape index (κ1) is 16.2. The Labute approximate surface area is 141 Å². The first-order chi connectivity index (χ1) is 11.6. The number of carboxylic acid groups (broad SMARTS) is 1. The summed E-state index contributed by atoms with van der Waals surface area (Å²) in [7, 11) is 0. The number of nitrogens with zero attached hydrogens (tertiary/aromatic N) is 1. The van der Waals surface area contributed by atoms with Crippen LogP contribution >= 0.6 is 0 Å². The number of aliphatic carboxylic acids is 1. The quantitative estimate of drug-likeness (QED) is 0.919. The Kier molecular flexibility index (Phi) is 4.94. The summed E-state index contributed by atoms with van der Waals surface area (Å²) < 4.78 is 0. The average molecular weight is 323 g/mol. The van der Waals surface area contributed by atoms with Crippen LogP contribution in [-0.2, 0) is 22.6 Å². The van der Waals surface area contributed by atoms with Crippen LogP contribution in [-0.4, -0.2) is 28.4 Å². The topological polar surface area (TPSA) is 57.6 Å². The highest BCUT2D eigenvalue weighted by molar-refractivity contribution is 5.79. The number of amides is 1. The molecular weight excluding hydrogens is 302 g/mol. The van der Waals surface area contributed by atoms with E-state index in [9.17, 15) is 14.7 Å². The van der Waals surface area contributed by atoms with Crippen molar-refractivity contribution in [1.29, 1.82) is 0 Å². The Balaban J connectivity index is 1.71. The second-order valence-corrected chi connectivity index (χ2v) is 6.24. The summed E-state index contributed by atoms with van der Waals surface area (Å²) in [5.41, 5.74) is 3.39. The summed E-state index contributed by atoms with van der Waals surface area (Å²) in [6.45, 7) is 1.31. The molecule has 0 radical (unpaired) electrons. The molecule has 1 N–H and O–H groups in total. The van der Waals surface area contributed by atoms with Crippen LogP contribution in [0.15, 0.2) is 54.6 Å². The SMILES string of the molecule is O=C(O)CC(CC(=O)N1CCc2ccccc2C1)c1ccccc1. The molecule has 124 valence electrons. The fraction of sp³-hybridized carbons (Fsp3) is 0.300. The summed E-state index contributed by atoms with van der Waals surface area (Å²) >= 11 is 0. The van der Waals surface area contributed by atoms with E-state index in [1.165, 1.54) is 11.1 Å². The summed E-state index contributed by atoms with van der Waals surface area (Å²) in [6.07, 6.45) is 1.06. The van der Waals surface area contributed by atoms with Gasteiger partial charge in [0, 0.05) is 25.4 Å². The Hall–Kier alpha value is -2.62. The van der Waals surface area contributed by atoms with Crippen molar-refractivity contribution in [1.82, 2.24) is 4.90 Å². The van der Waals surface area contributed by atoms with Crippen molar-refractivity contribution >= 4 is 11.9 Å². The van der Waals surface area contributed by atoms with Crippen LogP contribution in [0.2, 0.25) is 0 Å². The van der Waals surface area contributed by atoms with Gasteiger partial charge in [-0.2, -0.15) is 0 Å². The maximum absolute atomic E-state index is 12.7. The van der Waals surface area contributed by atoms with E-state index in [-0.39, 0.29) is 24.7 Å². The minimum atomic E-state index is -0.874. The zero-order valence-electron chi connectivity index (χ0n) is 13.5. The van der Waals surface area contributed by atoms with E-state index in [4.69, 9.17) is 0 Å².